The molecule has 1 aromatic heterocycles. The second-order valence-corrected chi connectivity index (χ2v) is 3.41. The first kappa shape index (κ1) is 12.0. The number of carbonyl (C=O) groups is 1. The van der Waals surface area contributed by atoms with Crippen LogP contribution in [0.3, 0.4) is 0 Å². The molecule has 4 N–H and O–H groups in total. The molecule has 0 saturated heterocycles. The van der Waals surface area contributed by atoms with E-state index in [0.717, 1.165) is 0 Å². The van der Waals surface area contributed by atoms with Crippen molar-refractivity contribution in [1.82, 2.24) is 10.2 Å². The Bertz CT molecular complexity index is 611. The summed E-state index contributed by atoms with van der Waals surface area (Å²) >= 11 is 0. The zero-order valence-corrected chi connectivity index (χ0v) is 8.80. The molecule has 0 saturated carbocycles. The molecular weight excluding hydrogens is 249 g/mol. The maximum Gasteiger partial charge on any atom is 0.273 e. The highest BCUT2D eigenvalue weighted by molar-refractivity contribution is 6.03. The topological polar surface area (TPSA) is 83.8 Å². The summed E-state index contributed by atoms with van der Waals surface area (Å²) in [6.45, 7) is 0. The number of aromatic nitrogens is 2. The van der Waals surface area contributed by atoms with Gasteiger partial charge in [-0.1, -0.05) is 0 Å². The van der Waals surface area contributed by atoms with Gasteiger partial charge in [0.2, 0.25) is 0 Å². The lowest BCUT2D eigenvalue weighted by Gasteiger charge is -2.05. The monoisotopic (exact) mass is 256 g/mol. The van der Waals surface area contributed by atoms with E-state index in [0.29, 0.717) is 12.1 Å². The van der Waals surface area contributed by atoms with Gasteiger partial charge in [0.15, 0.2) is 11.6 Å². The lowest BCUT2D eigenvalue weighted by atomic mass is 10.2. The first-order chi connectivity index (χ1) is 8.47. The Morgan fingerprint density at radius 3 is 2.61 bits per heavy atom. The molecule has 0 spiro atoms. The molecule has 2 rings (SSSR count). The molecule has 0 aliphatic rings. The fourth-order valence-electron chi connectivity index (χ4n) is 1.29. The number of nitrogens with zero attached hydrogens (tertiary/aromatic N) is 1. The molecule has 94 valence electrons. The highest BCUT2D eigenvalue weighted by Gasteiger charge is 2.15. The van der Waals surface area contributed by atoms with Gasteiger partial charge in [0.05, 0.1) is 5.69 Å². The summed E-state index contributed by atoms with van der Waals surface area (Å²) in [6, 6.07) is 2.23. The third-order valence-electron chi connectivity index (χ3n) is 2.08. The van der Waals surface area contributed by atoms with Crippen molar-refractivity contribution in [2.75, 3.05) is 11.1 Å². The number of hydrogen-bond donors (Lipinski definition) is 3. The quantitative estimate of drug-likeness (QED) is 0.714. The number of amides is 1. The van der Waals surface area contributed by atoms with Gasteiger partial charge in [-0.05, 0) is 0 Å². The van der Waals surface area contributed by atoms with Crippen LogP contribution in [0.25, 0.3) is 0 Å². The molecule has 0 fully saturated rings. The second kappa shape index (κ2) is 4.40. The second-order valence-electron chi connectivity index (χ2n) is 3.41. The molecule has 1 heterocycles. The number of nitrogens with two attached hydrogens (primary N) is 1. The summed E-state index contributed by atoms with van der Waals surface area (Å²) in [7, 11) is 0. The number of benzene rings is 1. The lowest BCUT2D eigenvalue weighted by molar-refractivity contribution is 0.102. The number of rotatable bonds is 2. The highest BCUT2D eigenvalue weighted by Crippen LogP contribution is 2.19. The van der Waals surface area contributed by atoms with Crippen molar-refractivity contribution in [3.05, 3.63) is 41.3 Å². The van der Waals surface area contributed by atoms with Crippen molar-refractivity contribution in [1.29, 1.82) is 0 Å². The molecule has 5 nitrogen and oxygen atoms in total. The van der Waals surface area contributed by atoms with Gasteiger partial charge in [0, 0.05) is 18.2 Å². The van der Waals surface area contributed by atoms with Crippen LogP contribution in [-0.4, -0.2) is 16.1 Å². The molecule has 0 bridgehead atoms. The number of nitrogen functional groups attached to an aromatic ring is 1. The van der Waals surface area contributed by atoms with E-state index in [1.54, 1.807) is 0 Å². The molecule has 0 aliphatic heterocycles. The van der Waals surface area contributed by atoms with Gasteiger partial charge >= 0.3 is 0 Å². The van der Waals surface area contributed by atoms with Gasteiger partial charge < -0.3 is 11.1 Å². The van der Waals surface area contributed by atoms with Crippen LogP contribution in [0.2, 0.25) is 0 Å². The van der Waals surface area contributed by atoms with E-state index in [-0.39, 0.29) is 11.5 Å². The molecule has 0 atom stereocenters. The fourth-order valence-corrected chi connectivity index (χ4v) is 1.29. The third-order valence-corrected chi connectivity index (χ3v) is 2.08. The van der Waals surface area contributed by atoms with Crippen molar-refractivity contribution < 1.29 is 18.0 Å². The highest BCUT2D eigenvalue weighted by atomic mass is 19.2. The summed E-state index contributed by atoms with van der Waals surface area (Å²) in [5.41, 5.74) is 4.61. The number of nitrogens with one attached hydrogen (secondary N) is 2. The van der Waals surface area contributed by atoms with Crippen molar-refractivity contribution in [3.63, 3.8) is 0 Å². The summed E-state index contributed by atoms with van der Waals surface area (Å²) in [5.74, 6) is -4.51. The summed E-state index contributed by atoms with van der Waals surface area (Å²) in [6.07, 6.45) is 0. The summed E-state index contributed by atoms with van der Waals surface area (Å²) < 4.78 is 39.0. The fraction of sp³-hybridized carbons (Fsp3) is 0. The molecule has 1 aromatic carbocycles. The molecule has 8 heteroatoms. The molecule has 0 unspecified atom stereocenters. The number of anilines is 2. The predicted octanol–water partition coefficient (Wildman–Crippen LogP) is 1.66. The van der Waals surface area contributed by atoms with E-state index in [4.69, 9.17) is 5.73 Å². The van der Waals surface area contributed by atoms with Crippen molar-refractivity contribution in [2.24, 2.45) is 0 Å². The average molecular weight is 256 g/mol. The van der Waals surface area contributed by atoms with Gasteiger partial charge in [-0.2, -0.15) is 5.10 Å². The maximum absolute atomic E-state index is 13.3. The standard InChI is InChI=1S/C10H7F3N4O/c11-4-1-5(12)9(13)6(2-4)15-10(18)7-3-8(14)17-16-7/h1-3H,(H,15,18)(H3,14,16,17). The number of aromatic amines is 1. The zero-order chi connectivity index (χ0) is 13.3. The maximum atomic E-state index is 13.3. The normalized spacial score (nSPS) is 10.4. The number of halogens is 3. The van der Waals surface area contributed by atoms with Gasteiger partial charge in [-0.3, -0.25) is 9.89 Å². The Labute approximate surface area is 98.8 Å². The van der Waals surface area contributed by atoms with Crippen molar-refractivity contribution >= 4 is 17.4 Å². The molecular formula is C10H7F3N4O. The van der Waals surface area contributed by atoms with E-state index >= 15 is 0 Å². The van der Waals surface area contributed by atoms with Gasteiger partial charge in [-0.15, -0.1) is 0 Å². The van der Waals surface area contributed by atoms with Gasteiger partial charge in [0.1, 0.15) is 17.3 Å². The Hall–Kier alpha value is -2.51. The molecule has 18 heavy (non-hydrogen) atoms. The minimum absolute atomic E-state index is 0.0587. The van der Waals surface area contributed by atoms with E-state index < -0.39 is 29.0 Å². The average Bonchev–Trinajstić information content (AvgIpc) is 2.72. The molecule has 0 aliphatic carbocycles. The van der Waals surface area contributed by atoms with Crippen LogP contribution in [0.15, 0.2) is 18.2 Å². The summed E-state index contributed by atoms with van der Waals surface area (Å²) in [4.78, 5) is 11.6. The first-order valence-corrected chi connectivity index (χ1v) is 4.74. The predicted molar refractivity (Wildman–Crippen MR) is 57.3 cm³/mol. The van der Waals surface area contributed by atoms with Crippen LogP contribution < -0.4 is 11.1 Å². The largest absolute Gasteiger partial charge is 0.382 e. The zero-order valence-electron chi connectivity index (χ0n) is 8.80. The van der Waals surface area contributed by atoms with Crippen LogP contribution in [0.5, 0.6) is 0 Å². The third kappa shape index (κ3) is 2.26. The van der Waals surface area contributed by atoms with Crippen LogP contribution >= 0.6 is 0 Å². The van der Waals surface area contributed by atoms with E-state index in [1.807, 2.05) is 5.32 Å². The molecule has 1 amide bonds. The van der Waals surface area contributed by atoms with Crippen LogP contribution in [0, 0.1) is 17.5 Å². The Balaban J connectivity index is 2.27. The molecule has 2 aromatic rings. The van der Waals surface area contributed by atoms with Gasteiger partial charge in [0.25, 0.3) is 5.91 Å². The Kier molecular flexibility index (Phi) is 2.92. The number of H-pyrrole nitrogens is 1. The van der Waals surface area contributed by atoms with Crippen LogP contribution in [-0.2, 0) is 0 Å². The first-order valence-electron chi connectivity index (χ1n) is 4.74. The van der Waals surface area contributed by atoms with Gasteiger partial charge in [-0.25, -0.2) is 13.2 Å². The van der Waals surface area contributed by atoms with Crippen molar-refractivity contribution in [3.8, 4) is 0 Å². The van der Waals surface area contributed by atoms with Crippen LogP contribution in [0.4, 0.5) is 24.7 Å². The van der Waals surface area contributed by atoms with Crippen molar-refractivity contribution in [2.45, 2.75) is 0 Å². The minimum Gasteiger partial charge on any atom is -0.382 e. The number of carbonyl (C=O) groups excluding carboxylic acids is 1. The lowest BCUT2D eigenvalue weighted by Crippen LogP contribution is -2.14. The molecule has 0 radical (unpaired) electrons. The Morgan fingerprint density at radius 1 is 1.28 bits per heavy atom. The number of hydrogen-bond acceptors (Lipinski definition) is 3. The SMILES string of the molecule is Nc1cc(C(=O)Nc2cc(F)cc(F)c2F)[nH]n1. The van der Waals surface area contributed by atoms with E-state index in [2.05, 4.69) is 10.2 Å². The summed E-state index contributed by atoms with van der Waals surface area (Å²) in [5, 5.41) is 7.76. The van der Waals surface area contributed by atoms with E-state index in [9.17, 15) is 18.0 Å². The van der Waals surface area contributed by atoms with Crippen LogP contribution in [0.1, 0.15) is 10.5 Å². The van der Waals surface area contributed by atoms with E-state index in [1.165, 1.54) is 6.07 Å². The Morgan fingerprint density at radius 2 is 2.00 bits per heavy atom. The smallest absolute Gasteiger partial charge is 0.273 e. The minimum atomic E-state index is -1.39.